The predicted molar refractivity (Wildman–Crippen MR) is 98.4 cm³/mol. The molecular weight excluding hydrogens is 366 g/mol. The first-order valence-electron chi connectivity index (χ1n) is 9.05. The Hall–Kier alpha value is -0.410. The molecule has 2 aliphatic heterocycles. The number of hydrogen-bond donors (Lipinski definition) is 1. The summed E-state index contributed by atoms with van der Waals surface area (Å²) in [7, 11) is -2.10. The number of carbonyl (C=O) groups is 1. The van der Waals surface area contributed by atoms with Crippen molar-refractivity contribution in [1.82, 2.24) is 14.5 Å². The normalized spacial score (nSPS) is 32.1. The molecule has 0 aromatic heterocycles. The van der Waals surface area contributed by atoms with Gasteiger partial charge in [-0.05, 0) is 19.3 Å². The van der Waals surface area contributed by atoms with E-state index < -0.39 is 21.2 Å². The van der Waals surface area contributed by atoms with Crippen molar-refractivity contribution in [1.29, 1.82) is 0 Å². The van der Waals surface area contributed by atoms with E-state index in [0.717, 1.165) is 45.4 Å². The van der Waals surface area contributed by atoms with Gasteiger partial charge in [0.2, 0.25) is 10.0 Å². The third-order valence-corrected chi connectivity index (χ3v) is 8.12. The number of piperazine rings is 1. The van der Waals surface area contributed by atoms with Crippen LogP contribution in [-0.2, 0) is 19.6 Å². The Balaban J connectivity index is 0.00000225. The van der Waals surface area contributed by atoms with Crippen molar-refractivity contribution in [2.75, 3.05) is 46.4 Å². The van der Waals surface area contributed by atoms with Gasteiger partial charge in [0, 0.05) is 45.3 Å². The fraction of sp³-hybridized carbons (Fsp3) is 0.938. The molecule has 9 heteroatoms. The van der Waals surface area contributed by atoms with Crippen molar-refractivity contribution >= 4 is 28.4 Å². The van der Waals surface area contributed by atoms with E-state index in [1.54, 1.807) is 4.31 Å². The number of nitrogens with one attached hydrogen (secondary N) is 1. The van der Waals surface area contributed by atoms with Crippen LogP contribution in [0.3, 0.4) is 0 Å². The average Bonchev–Trinajstić information content (AvgIpc) is 3.13. The van der Waals surface area contributed by atoms with E-state index in [0.29, 0.717) is 32.0 Å². The van der Waals surface area contributed by atoms with Gasteiger partial charge in [0.25, 0.3) is 0 Å². The molecule has 1 aliphatic carbocycles. The summed E-state index contributed by atoms with van der Waals surface area (Å²) >= 11 is 0. The summed E-state index contributed by atoms with van der Waals surface area (Å²) in [5, 5.41) is 2.72. The molecule has 0 spiro atoms. The summed E-state index contributed by atoms with van der Waals surface area (Å²) in [6.45, 7) is 5.03. The zero-order valence-electron chi connectivity index (χ0n) is 14.9. The topological polar surface area (TPSA) is 79.0 Å². The van der Waals surface area contributed by atoms with E-state index >= 15 is 0 Å². The molecule has 0 amide bonds. The lowest BCUT2D eigenvalue weighted by molar-refractivity contribution is -0.146. The Labute approximate surface area is 156 Å². The minimum Gasteiger partial charge on any atom is -0.469 e. The van der Waals surface area contributed by atoms with E-state index in [-0.39, 0.29) is 18.4 Å². The lowest BCUT2D eigenvalue weighted by atomic mass is 9.89. The van der Waals surface area contributed by atoms with Gasteiger partial charge in [-0.15, -0.1) is 12.4 Å². The van der Waals surface area contributed by atoms with Crippen molar-refractivity contribution in [3.63, 3.8) is 0 Å². The van der Waals surface area contributed by atoms with Gasteiger partial charge in [-0.1, -0.05) is 12.8 Å². The lowest BCUT2D eigenvalue weighted by Crippen LogP contribution is -2.50. The zero-order valence-corrected chi connectivity index (χ0v) is 16.5. The SMILES string of the molecule is COC(=O)C1CCCCC1S(=O)(=O)N1CCC(N2CCNCC2)C1.Cl. The minimum atomic E-state index is -3.45. The molecule has 3 fully saturated rings. The molecular formula is C16H30ClN3O4S. The maximum absolute atomic E-state index is 13.1. The van der Waals surface area contributed by atoms with Crippen molar-refractivity contribution in [3.8, 4) is 0 Å². The Morgan fingerprint density at radius 1 is 1.08 bits per heavy atom. The Morgan fingerprint density at radius 3 is 2.44 bits per heavy atom. The van der Waals surface area contributed by atoms with Gasteiger partial charge in [-0.3, -0.25) is 9.69 Å². The smallest absolute Gasteiger partial charge is 0.310 e. The molecule has 25 heavy (non-hydrogen) atoms. The van der Waals surface area contributed by atoms with Crippen molar-refractivity contribution < 1.29 is 17.9 Å². The van der Waals surface area contributed by atoms with Gasteiger partial charge < -0.3 is 10.1 Å². The molecule has 3 atom stereocenters. The predicted octanol–water partition coefficient (Wildman–Crippen LogP) is 0.449. The van der Waals surface area contributed by atoms with Gasteiger partial charge in [0.05, 0.1) is 18.3 Å². The highest BCUT2D eigenvalue weighted by Crippen LogP contribution is 2.34. The van der Waals surface area contributed by atoms with Crippen molar-refractivity contribution in [2.45, 2.75) is 43.4 Å². The second-order valence-electron chi connectivity index (χ2n) is 7.08. The van der Waals surface area contributed by atoms with E-state index in [1.807, 2.05) is 0 Å². The first kappa shape index (κ1) is 20.9. The van der Waals surface area contributed by atoms with Gasteiger partial charge in [0.15, 0.2) is 0 Å². The van der Waals surface area contributed by atoms with Crippen LogP contribution in [0.15, 0.2) is 0 Å². The average molecular weight is 396 g/mol. The molecule has 0 radical (unpaired) electrons. The molecule has 3 aliphatic rings. The zero-order chi connectivity index (χ0) is 17.2. The molecule has 2 saturated heterocycles. The van der Waals surface area contributed by atoms with Crippen molar-refractivity contribution in [3.05, 3.63) is 0 Å². The second-order valence-corrected chi connectivity index (χ2v) is 9.24. The van der Waals surface area contributed by atoms with Crippen LogP contribution in [0.25, 0.3) is 0 Å². The molecule has 1 N–H and O–H groups in total. The van der Waals surface area contributed by atoms with Crippen LogP contribution in [0.2, 0.25) is 0 Å². The maximum atomic E-state index is 13.1. The summed E-state index contributed by atoms with van der Waals surface area (Å²) in [5.41, 5.74) is 0. The third-order valence-electron chi connectivity index (χ3n) is 5.74. The highest BCUT2D eigenvalue weighted by Gasteiger charge is 2.45. The largest absolute Gasteiger partial charge is 0.469 e. The quantitative estimate of drug-likeness (QED) is 0.696. The van der Waals surface area contributed by atoms with E-state index in [4.69, 9.17) is 4.74 Å². The molecule has 2 heterocycles. The first-order chi connectivity index (χ1) is 11.5. The van der Waals surface area contributed by atoms with Crippen LogP contribution in [-0.4, -0.2) is 81.3 Å². The minimum absolute atomic E-state index is 0. The lowest BCUT2D eigenvalue weighted by Gasteiger charge is -2.34. The third kappa shape index (κ3) is 4.47. The number of nitrogens with zero attached hydrogens (tertiary/aromatic N) is 2. The summed E-state index contributed by atoms with van der Waals surface area (Å²) in [6, 6.07) is 0.307. The van der Waals surface area contributed by atoms with Crippen LogP contribution in [0, 0.1) is 5.92 Å². The fourth-order valence-corrected chi connectivity index (χ4v) is 6.60. The van der Waals surface area contributed by atoms with Crippen LogP contribution in [0.5, 0.6) is 0 Å². The van der Waals surface area contributed by atoms with Gasteiger partial charge in [-0.2, -0.15) is 0 Å². The summed E-state index contributed by atoms with van der Waals surface area (Å²) in [4.78, 5) is 14.4. The number of ether oxygens (including phenoxy) is 1. The fourth-order valence-electron chi connectivity index (χ4n) is 4.35. The maximum Gasteiger partial charge on any atom is 0.310 e. The number of sulfonamides is 1. The molecule has 1 saturated carbocycles. The first-order valence-corrected chi connectivity index (χ1v) is 10.6. The Morgan fingerprint density at radius 2 is 1.76 bits per heavy atom. The van der Waals surface area contributed by atoms with Crippen LogP contribution >= 0.6 is 12.4 Å². The number of halogens is 1. The van der Waals surface area contributed by atoms with Crippen LogP contribution < -0.4 is 5.32 Å². The molecule has 3 unspecified atom stereocenters. The molecule has 7 nitrogen and oxygen atoms in total. The highest BCUT2D eigenvalue weighted by molar-refractivity contribution is 7.89. The number of hydrogen-bond acceptors (Lipinski definition) is 6. The Kier molecular flexibility index (Phi) is 7.52. The summed E-state index contributed by atoms with van der Waals surface area (Å²) in [5.74, 6) is -0.881. The molecule has 0 aromatic carbocycles. The number of rotatable bonds is 4. The van der Waals surface area contributed by atoms with Gasteiger partial charge >= 0.3 is 5.97 Å². The summed E-state index contributed by atoms with van der Waals surface area (Å²) < 4.78 is 32.8. The van der Waals surface area contributed by atoms with E-state index in [1.165, 1.54) is 7.11 Å². The van der Waals surface area contributed by atoms with Gasteiger partial charge in [-0.25, -0.2) is 12.7 Å². The molecule has 3 rings (SSSR count). The standard InChI is InChI=1S/C16H29N3O4S.ClH/c1-23-16(20)14-4-2-3-5-15(14)24(21,22)19-9-6-13(12-19)18-10-7-17-8-11-18;/h13-15,17H,2-12H2,1H3;1H. The number of carbonyl (C=O) groups excluding carboxylic acids is 1. The van der Waals surface area contributed by atoms with Crippen molar-refractivity contribution in [2.24, 2.45) is 5.92 Å². The molecule has 0 bridgehead atoms. The highest BCUT2D eigenvalue weighted by atomic mass is 35.5. The second kappa shape index (κ2) is 8.99. The van der Waals surface area contributed by atoms with Gasteiger partial charge in [0.1, 0.15) is 0 Å². The molecule has 0 aromatic rings. The number of esters is 1. The van der Waals surface area contributed by atoms with Crippen LogP contribution in [0.1, 0.15) is 32.1 Å². The monoisotopic (exact) mass is 395 g/mol. The van der Waals surface area contributed by atoms with Crippen LogP contribution in [0.4, 0.5) is 0 Å². The Bertz CT molecular complexity index is 554. The van der Waals surface area contributed by atoms with E-state index in [9.17, 15) is 13.2 Å². The summed E-state index contributed by atoms with van der Waals surface area (Å²) in [6.07, 6.45) is 3.83. The molecule has 146 valence electrons. The number of methoxy groups -OCH3 is 1. The van der Waals surface area contributed by atoms with E-state index in [2.05, 4.69) is 10.2 Å².